The van der Waals surface area contributed by atoms with Gasteiger partial charge in [0.2, 0.25) is 0 Å². The van der Waals surface area contributed by atoms with E-state index in [4.69, 9.17) is 0 Å². The second kappa shape index (κ2) is 22.4. The first-order valence-corrected chi connectivity index (χ1v) is 14.1. The average Bonchev–Trinajstić information content (AvgIpc) is 2.54. The molecule has 22 heavy (non-hydrogen) atoms. The van der Waals surface area contributed by atoms with Crippen LogP contribution >= 0.6 is 45.1 Å². The van der Waals surface area contributed by atoms with Gasteiger partial charge in [0.25, 0.3) is 0 Å². The van der Waals surface area contributed by atoms with Crippen LogP contribution in [0.3, 0.4) is 0 Å². The van der Waals surface area contributed by atoms with E-state index in [-0.39, 0.29) is 0 Å². The van der Waals surface area contributed by atoms with Gasteiger partial charge >= 0.3 is 0 Å². The van der Waals surface area contributed by atoms with Crippen molar-refractivity contribution in [2.24, 2.45) is 0 Å². The van der Waals surface area contributed by atoms with Gasteiger partial charge in [0, 0.05) is 23.0 Å². The van der Waals surface area contributed by atoms with Crippen molar-refractivity contribution in [3.05, 3.63) is 0 Å². The van der Waals surface area contributed by atoms with E-state index in [1.165, 1.54) is 98.7 Å². The first-order chi connectivity index (χ1) is 10.9. The van der Waals surface area contributed by atoms with Gasteiger partial charge in [0.15, 0.2) is 0 Å². The Morgan fingerprint density at radius 2 is 0.955 bits per heavy atom. The fourth-order valence-electron chi connectivity index (χ4n) is 2.24. The Morgan fingerprint density at radius 3 is 1.50 bits per heavy atom. The molecule has 0 aliphatic carbocycles. The Labute approximate surface area is 157 Å². The fraction of sp³-hybridized carbons (Fsp3) is 1.00. The summed E-state index contributed by atoms with van der Waals surface area (Å²) in [6.07, 6.45) is 14.5. The fourth-order valence-corrected chi connectivity index (χ4v) is 6.80. The maximum atomic E-state index is 2.29. The quantitative estimate of drug-likeness (QED) is 0.165. The van der Waals surface area contributed by atoms with Crippen molar-refractivity contribution in [2.75, 3.05) is 34.5 Å². The molecule has 0 heterocycles. The summed E-state index contributed by atoms with van der Waals surface area (Å²) in [6.45, 7) is 4.54. The molecule has 0 amide bonds. The zero-order chi connectivity index (χ0) is 16.1. The van der Waals surface area contributed by atoms with Gasteiger partial charge in [-0.25, -0.2) is 0 Å². The third-order valence-electron chi connectivity index (χ3n) is 3.55. The molecule has 0 fully saturated rings. The molecular weight excluding hydrogens is 344 g/mol. The van der Waals surface area contributed by atoms with Crippen LogP contribution in [0.2, 0.25) is 0 Å². The van der Waals surface area contributed by atoms with Crippen LogP contribution in [0.5, 0.6) is 0 Å². The van der Waals surface area contributed by atoms with Gasteiger partial charge in [-0.2, -0.15) is 23.5 Å². The van der Waals surface area contributed by atoms with E-state index in [1.807, 2.05) is 0 Å². The molecule has 0 nitrogen and oxygen atoms in total. The summed E-state index contributed by atoms with van der Waals surface area (Å²) in [4.78, 5) is 0. The first-order valence-electron chi connectivity index (χ1n) is 9.31. The molecule has 0 aromatic heterocycles. The van der Waals surface area contributed by atoms with Crippen molar-refractivity contribution in [3.63, 3.8) is 0 Å². The molecule has 0 aliphatic heterocycles. The van der Waals surface area contributed by atoms with Crippen molar-refractivity contribution in [1.29, 1.82) is 0 Å². The normalized spacial score (nSPS) is 11.2. The highest BCUT2D eigenvalue weighted by molar-refractivity contribution is 8.76. The number of hydrogen-bond donors (Lipinski definition) is 0. The van der Waals surface area contributed by atoms with Crippen LogP contribution in [-0.4, -0.2) is 34.5 Å². The highest BCUT2D eigenvalue weighted by Crippen LogP contribution is 2.23. The van der Waals surface area contributed by atoms with Crippen molar-refractivity contribution >= 4 is 45.1 Å². The van der Waals surface area contributed by atoms with Crippen LogP contribution in [0.1, 0.15) is 78.1 Å². The highest BCUT2D eigenvalue weighted by atomic mass is 33.1. The minimum absolute atomic E-state index is 1.26. The van der Waals surface area contributed by atoms with Crippen LogP contribution in [0, 0.1) is 0 Å². The Morgan fingerprint density at radius 1 is 0.455 bits per heavy atom. The standard InChI is InChI=1S/C18H38S4/c1-3-5-6-7-8-9-10-11-12-13-14-20-16-18-22-21-17-15-19-4-2/h3-18H2,1-2H3. The van der Waals surface area contributed by atoms with Gasteiger partial charge in [0.05, 0.1) is 0 Å². The molecule has 0 aromatic rings. The predicted octanol–water partition coefficient (Wildman–Crippen LogP) is 7.78. The van der Waals surface area contributed by atoms with E-state index < -0.39 is 0 Å². The van der Waals surface area contributed by atoms with Gasteiger partial charge in [-0.05, 0) is 17.9 Å². The van der Waals surface area contributed by atoms with Gasteiger partial charge in [-0.3, -0.25) is 0 Å². The van der Waals surface area contributed by atoms with E-state index in [2.05, 4.69) is 59.0 Å². The molecule has 0 unspecified atom stereocenters. The van der Waals surface area contributed by atoms with Crippen LogP contribution < -0.4 is 0 Å². The molecule has 0 bridgehead atoms. The van der Waals surface area contributed by atoms with Crippen molar-refractivity contribution in [3.8, 4) is 0 Å². The molecule has 0 aromatic carbocycles. The second-order valence-corrected chi connectivity index (χ2v) is 11.0. The molecule has 0 rings (SSSR count). The summed E-state index contributed by atoms with van der Waals surface area (Å²) in [5.41, 5.74) is 0. The Hall–Kier alpha value is 1.40. The number of unbranched alkanes of at least 4 members (excludes halogenated alkanes) is 9. The number of thioether (sulfide) groups is 2. The number of rotatable bonds is 19. The number of hydrogen-bond acceptors (Lipinski definition) is 4. The summed E-state index contributed by atoms with van der Waals surface area (Å²) in [5, 5.41) is 0. The van der Waals surface area contributed by atoms with Gasteiger partial charge in [0.1, 0.15) is 0 Å². The van der Waals surface area contributed by atoms with Crippen LogP contribution in [0.15, 0.2) is 0 Å². The maximum Gasteiger partial charge on any atom is 0.0128 e. The van der Waals surface area contributed by atoms with Crippen molar-refractivity contribution in [1.82, 2.24) is 0 Å². The molecule has 0 saturated carbocycles. The Balaban J connectivity index is 2.91. The molecular formula is C18H38S4. The van der Waals surface area contributed by atoms with Crippen LogP contribution in [0.25, 0.3) is 0 Å². The van der Waals surface area contributed by atoms with Crippen molar-refractivity contribution < 1.29 is 0 Å². The lowest BCUT2D eigenvalue weighted by molar-refractivity contribution is 0.563. The first kappa shape index (κ1) is 23.4. The third-order valence-corrected chi connectivity index (χ3v) is 8.45. The zero-order valence-electron chi connectivity index (χ0n) is 14.9. The van der Waals surface area contributed by atoms with E-state index in [0.29, 0.717) is 0 Å². The highest BCUT2D eigenvalue weighted by Gasteiger charge is 1.95. The van der Waals surface area contributed by atoms with Crippen molar-refractivity contribution in [2.45, 2.75) is 78.1 Å². The average molecular weight is 383 g/mol. The Bertz CT molecular complexity index is 168. The van der Waals surface area contributed by atoms with E-state index >= 15 is 0 Å². The van der Waals surface area contributed by atoms with Gasteiger partial charge in [-0.1, -0.05) is 93.2 Å². The zero-order valence-corrected chi connectivity index (χ0v) is 18.2. The topological polar surface area (TPSA) is 0 Å². The summed E-state index contributed by atoms with van der Waals surface area (Å²) in [7, 11) is 4.13. The maximum absolute atomic E-state index is 2.29. The molecule has 0 saturated heterocycles. The molecule has 0 radical (unpaired) electrons. The molecule has 0 spiro atoms. The largest absolute Gasteiger partial charge is 0.161 e. The minimum atomic E-state index is 1.26. The monoisotopic (exact) mass is 382 g/mol. The molecule has 4 heteroatoms. The predicted molar refractivity (Wildman–Crippen MR) is 117 cm³/mol. The second-order valence-electron chi connectivity index (χ2n) is 5.64. The Kier molecular flexibility index (Phi) is 23.8. The van der Waals surface area contributed by atoms with E-state index in [0.717, 1.165) is 0 Å². The molecule has 0 N–H and O–H groups in total. The SMILES string of the molecule is CCCCCCCCCCCCSCCSSCCSCC. The minimum Gasteiger partial charge on any atom is -0.161 e. The lowest BCUT2D eigenvalue weighted by Crippen LogP contribution is -1.88. The van der Waals surface area contributed by atoms with Gasteiger partial charge < -0.3 is 0 Å². The molecule has 134 valence electrons. The van der Waals surface area contributed by atoms with Crippen LogP contribution in [0.4, 0.5) is 0 Å². The summed E-state index contributed by atoms with van der Waals surface area (Å²) in [5.74, 6) is 7.94. The summed E-state index contributed by atoms with van der Waals surface area (Å²) < 4.78 is 0. The van der Waals surface area contributed by atoms with Gasteiger partial charge in [-0.15, -0.1) is 0 Å². The molecule has 0 aliphatic rings. The summed E-state index contributed by atoms with van der Waals surface area (Å²) >= 11 is 4.22. The van der Waals surface area contributed by atoms with Crippen LogP contribution in [-0.2, 0) is 0 Å². The lowest BCUT2D eigenvalue weighted by atomic mass is 10.1. The lowest BCUT2D eigenvalue weighted by Gasteiger charge is -2.03. The van der Waals surface area contributed by atoms with E-state index in [1.54, 1.807) is 0 Å². The third kappa shape index (κ3) is 21.4. The smallest absolute Gasteiger partial charge is 0.0128 e. The summed E-state index contributed by atoms with van der Waals surface area (Å²) in [6, 6.07) is 0. The molecule has 0 atom stereocenters. The van der Waals surface area contributed by atoms with E-state index in [9.17, 15) is 0 Å².